The molecule has 2 aromatic rings. The zero-order valence-electron chi connectivity index (χ0n) is 18.0. The van der Waals surface area contributed by atoms with Crippen molar-refractivity contribution in [3.05, 3.63) is 69.6 Å². The summed E-state index contributed by atoms with van der Waals surface area (Å²) in [5.74, 6) is -0.996. The number of carbonyl (C=O) groups excluding carboxylic acids is 1. The Morgan fingerprint density at radius 2 is 1.75 bits per heavy atom. The van der Waals surface area contributed by atoms with E-state index in [1.165, 1.54) is 18.0 Å². The molecule has 32 heavy (non-hydrogen) atoms. The van der Waals surface area contributed by atoms with Gasteiger partial charge in [-0.15, -0.1) is 0 Å². The van der Waals surface area contributed by atoms with Crippen molar-refractivity contribution in [2.45, 2.75) is 32.6 Å². The quantitative estimate of drug-likeness (QED) is 0.652. The summed E-state index contributed by atoms with van der Waals surface area (Å²) in [6, 6.07) is 8.29. The van der Waals surface area contributed by atoms with Crippen molar-refractivity contribution < 1.29 is 14.7 Å². The summed E-state index contributed by atoms with van der Waals surface area (Å²) in [6.45, 7) is 6.10. The fourth-order valence-electron chi connectivity index (χ4n) is 3.20. The van der Waals surface area contributed by atoms with Gasteiger partial charge in [0, 0.05) is 25.0 Å². The number of halogens is 2. The number of hydrogen-bond acceptors (Lipinski definition) is 5. The molecule has 1 aliphatic heterocycles. The molecule has 1 aromatic heterocycles. The Morgan fingerprint density at radius 3 is 2.31 bits per heavy atom. The van der Waals surface area contributed by atoms with Crippen LogP contribution in [-0.4, -0.2) is 40.9 Å². The van der Waals surface area contributed by atoms with Crippen molar-refractivity contribution in [3.63, 3.8) is 0 Å². The van der Waals surface area contributed by atoms with Crippen molar-refractivity contribution in [2.24, 2.45) is 4.99 Å². The number of aromatic nitrogens is 1. The number of carboxylic acid groups (broad SMARTS) is 1. The van der Waals surface area contributed by atoms with Crippen LogP contribution >= 0.6 is 23.2 Å². The Hall–Kier alpha value is -2.90. The van der Waals surface area contributed by atoms with E-state index in [2.05, 4.69) is 60.3 Å². The van der Waals surface area contributed by atoms with Gasteiger partial charge in [-0.2, -0.15) is 0 Å². The van der Waals surface area contributed by atoms with Crippen molar-refractivity contribution >= 4 is 46.6 Å². The highest BCUT2D eigenvalue weighted by Gasteiger charge is 2.25. The number of aliphatic carboxylic acids is 1. The lowest BCUT2D eigenvalue weighted by Gasteiger charge is -2.29. The van der Waals surface area contributed by atoms with E-state index in [0.29, 0.717) is 33.6 Å². The highest BCUT2D eigenvalue weighted by Crippen LogP contribution is 2.35. The number of rotatable bonds is 6. The topological polar surface area (TPSA) is 94.9 Å². The monoisotopic (exact) mass is 474 g/mol. The van der Waals surface area contributed by atoms with Gasteiger partial charge in [-0.3, -0.25) is 19.6 Å². The number of aliphatic imine (C=N–C) groups is 1. The first-order valence-corrected chi connectivity index (χ1v) is 10.7. The van der Waals surface area contributed by atoms with Crippen molar-refractivity contribution in [1.29, 1.82) is 0 Å². The molecular weight excluding hydrogens is 451 g/mol. The second-order valence-corrected chi connectivity index (χ2v) is 9.22. The van der Waals surface area contributed by atoms with Crippen LogP contribution in [0, 0.1) is 0 Å². The average molecular weight is 475 g/mol. The van der Waals surface area contributed by atoms with E-state index in [9.17, 15) is 9.59 Å². The molecular formula is C23H24Cl2N4O3. The molecule has 0 unspecified atom stereocenters. The third-order valence-electron chi connectivity index (χ3n) is 4.94. The SMILES string of the molecule is CC(C)(C)c1ccc(CC2=NCC(C(=O)NCC(=O)O)=CN2c2c(Cl)cncc2Cl)cc1. The smallest absolute Gasteiger partial charge is 0.322 e. The molecule has 0 bridgehead atoms. The molecule has 9 heteroatoms. The van der Waals surface area contributed by atoms with Gasteiger partial charge in [0.15, 0.2) is 0 Å². The van der Waals surface area contributed by atoms with E-state index >= 15 is 0 Å². The minimum absolute atomic E-state index is 0.0476. The van der Waals surface area contributed by atoms with Gasteiger partial charge in [0.1, 0.15) is 12.4 Å². The molecule has 3 rings (SSSR count). The fourth-order valence-corrected chi connectivity index (χ4v) is 3.74. The first kappa shape index (κ1) is 23.8. The lowest BCUT2D eigenvalue weighted by atomic mass is 9.86. The molecule has 0 atom stereocenters. The van der Waals surface area contributed by atoms with E-state index in [0.717, 1.165) is 5.56 Å². The molecule has 1 aromatic carbocycles. The normalized spacial score (nSPS) is 14.0. The standard InChI is InChI=1S/C23H24Cl2N4O3/c1-23(2,3)16-6-4-14(5-7-16)8-19-27-9-15(22(32)28-12-20(30)31)13-29(19)21-17(24)10-26-11-18(21)25/h4-7,10-11,13H,8-9,12H2,1-3H3,(H,28,32)(H,30,31). The molecule has 0 spiro atoms. The predicted molar refractivity (Wildman–Crippen MR) is 127 cm³/mol. The number of anilines is 1. The maximum absolute atomic E-state index is 12.4. The van der Waals surface area contributed by atoms with Gasteiger partial charge in [-0.25, -0.2) is 0 Å². The van der Waals surface area contributed by atoms with Gasteiger partial charge in [0.2, 0.25) is 0 Å². The maximum atomic E-state index is 12.4. The summed E-state index contributed by atoms with van der Waals surface area (Å²) in [4.78, 5) is 33.5. The van der Waals surface area contributed by atoms with Crippen LogP contribution in [-0.2, 0) is 21.4 Å². The Balaban J connectivity index is 1.93. The first-order valence-electron chi connectivity index (χ1n) is 9.98. The Kier molecular flexibility index (Phi) is 7.21. The number of carbonyl (C=O) groups is 2. The molecule has 1 amide bonds. The van der Waals surface area contributed by atoms with Gasteiger partial charge in [0.05, 0.1) is 27.9 Å². The summed E-state index contributed by atoms with van der Waals surface area (Å²) in [5.41, 5.74) is 3.06. The summed E-state index contributed by atoms with van der Waals surface area (Å²) < 4.78 is 0. The molecule has 1 aliphatic rings. The zero-order valence-corrected chi connectivity index (χ0v) is 19.5. The second-order valence-electron chi connectivity index (χ2n) is 8.41. The molecule has 7 nitrogen and oxygen atoms in total. The maximum Gasteiger partial charge on any atom is 0.322 e. The predicted octanol–water partition coefficient (Wildman–Crippen LogP) is 4.23. The number of hydrogen-bond donors (Lipinski definition) is 2. The lowest BCUT2D eigenvalue weighted by molar-refractivity contribution is -0.137. The van der Waals surface area contributed by atoms with E-state index in [1.807, 2.05) is 0 Å². The van der Waals surface area contributed by atoms with Crippen LogP contribution in [0.2, 0.25) is 10.0 Å². The number of amides is 1. The summed E-state index contributed by atoms with van der Waals surface area (Å²) in [5, 5.41) is 11.8. The molecule has 168 valence electrons. The van der Waals surface area contributed by atoms with Crippen LogP contribution in [0.25, 0.3) is 0 Å². The molecule has 2 heterocycles. The van der Waals surface area contributed by atoms with E-state index in [-0.39, 0.29) is 12.0 Å². The molecule has 0 fully saturated rings. The summed E-state index contributed by atoms with van der Waals surface area (Å²) >= 11 is 12.8. The minimum atomic E-state index is -1.13. The summed E-state index contributed by atoms with van der Waals surface area (Å²) in [7, 11) is 0. The van der Waals surface area contributed by atoms with Gasteiger partial charge in [-0.05, 0) is 16.5 Å². The van der Waals surface area contributed by atoms with E-state index in [4.69, 9.17) is 28.3 Å². The molecule has 0 radical (unpaired) electrons. The van der Waals surface area contributed by atoms with Crippen molar-refractivity contribution in [1.82, 2.24) is 10.3 Å². The van der Waals surface area contributed by atoms with Gasteiger partial charge >= 0.3 is 5.97 Å². The van der Waals surface area contributed by atoms with Crippen LogP contribution in [0.5, 0.6) is 0 Å². The van der Waals surface area contributed by atoms with Gasteiger partial charge in [0.25, 0.3) is 5.91 Å². The lowest BCUT2D eigenvalue weighted by Crippen LogP contribution is -2.37. The fraction of sp³-hybridized carbons (Fsp3) is 0.304. The highest BCUT2D eigenvalue weighted by atomic mass is 35.5. The molecule has 0 aliphatic carbocycles. The van der Waals surface area contributed by atoms with Crippen LogP contribution in [0.1, 0.15) is 31.9 Å². The molecule has 2 N–H and O–H groups in total. The third-order valence-corrected chi connectivity index (χ3v) is 5.49. The number of pyridine rings is 1. The molecule has 0 saturated heterocycles. The Labute approximate surface area is 196 Å². The number of carboxylic acids is 1. The number of benzene rings is 1. The summed E-state index contributed by atoms with van der Waals surface area (Å²) in [6.07, 6.45) is 5.01. The Morgan fingerprint density at radius 1 is 1.12 bits per heavy atom. The van der Waals surface area contributed by atoms with Crippen LogP contribution in [0.3, 0.4) is 0 Å². The average Bonchev–Trinajstić information content (AvgIpc) is 2.72. The number of nitrogens with zero attached hydrogens (tertiary/aromatic N) is 3. The van der Waals surface area contributed by atoms with Crippen molar-refractivity contribution in [2.75, 3.05) is 18.0 Å². The van der Waals surface area contributed by atoms with Crippen LogP contribution in [0.15, 0.2) is 53.4 Å². The third kappa shape index (κ3) is 5.66. The minimum Gasteiger partial charge on any atom is -0.480 e. The molecule has 0 saturated carbocycles. The van der Waals surface area contributed by atoms with E-state index in [1.54, 1.807) is 11.1 Å². The highest BCUT2D eigenvalue weighted by molar-refractivity contribution is 6.40. The van der Waals surface area contributed by atoms with E-state index < -0.39 is 18.4 Å². The zero-order chi connectivity index (χ0) is 23.5. The second kappa shape index (κ2) is 9.71. The van der Waals surface area contributed by atoms with Crippen LogP contribution in [0.4, 0.5) is 5.69 Å². The van der Waals surface area contributed by atoms with Gasteiger partial charge < -0.3 is 15.3 Å². The number of nitrogens with one attached hydrogen (secondary N) is 1. The first-order chi connectivity index (χ1) is 15.1. The Bertz CT molecular complexity index is 1070. The van der Waals surface area contributed by atoms with Crippen molar-refractivity contribution in [3.8, 4) is 0 Å². The largest absolute Gasteiger partial charge is 0.480 e. The number of amidine groups is 1. The van der Waals surface area contributed by atoms with Crippen LogP contribution < -0.4 is 10.2 Å². The van der Waals surface area contributed by atoms with Gasteiger partial charge in [-0.1, -0.05) is 68.2 Å².